The number of nitrogens with two attached hydrogens (primary N) is 1. The monoisotopic (exact) mass is 253 g/mol. The summed E-state index contributed by atoms with van der Waals surface area (Å²) in [5, 5.41) is 2.56. The Morgan fingerprint density at radius 3 is 2.58 bits per heavy atom. The Kier molecular flexibility index (Phi) is 2.83. The van der Waals surface area contributed by atoms with Crippen LogP contribution < -0.4 is 16.0 Å². The van der Waals surface area contributed by atoms with Gasteiger partial charge in [0, 0.05) is 23.6 Å². The Bertz CT molecular complexity index is 607. The minimum absolute atomic E-state index is 0.542. The number of rotatable bonds is 2. The van der Waals surface area contributed by atoms with Crippen molar-refractivity contribution in [2.45, 2.75) is 6.42 Å². The molecule has 4 nitrogen and oxygen atoms in total. The number of amides is 2. The van der Waals surface area contributed by atoms with E-state index in [2.05, 4.69) is 34.5 Å². The summed E-state index contributed by atoms with van der Waals surface area (Å²) in [7, 11) is 0. The van der Waals surface area contributed by atoms with E-state index >= 15 is 0 Å². The van der Waals surface area contributed by atoms with Gasteiger partial charge in [0.2, 0.25) is 0 Å². The van der Waals surface area contributed by atoms with Crippen molar-refractivity contribution in [3.8, 4) is 0 Å². The third-order valence-corrected chi connectivity index (χ3v) is 3.33. The van der Waals surface area contributed by atoms with Crippen LogP contribution in [0.25, 0.3) is 0 Å². The first-order valence-electron chi connectivity index (χ1n) is 6.26. The number of hydrogen-bond donors (Lipinski definition) is 2. The first-order chi connectivity index (χ1) is 9.24. The smallest absolute Gasteiger partial charge is 0.316 e. The topological polar surface area (TPSA) is 58.4 Å². The lowest BCUT2D eigenvalue weighted by atomic mass is 10.2. The SMILES string of the molecule is NC(=O)Nc1ccc(N2CCc3ccccc32)cc1. The van der Waals surface area contributed by atoms with Crippen LogP contribution in [0.15, 0.2) is 48.5 Å². The molecule has 0 bridgehead atoms. The van der Waals surface area contributed by atoms with Gasteiger partial charge in [-0.1, -0.05) is 18.2 Å². The van der Waals surface area contributed by atoms with E-state index in [-0.39, 0.29) is 0 Å². The number of benzene rings is 2. The van der Waals surface area contributed by atoms with E-state index in [0.717, 1.165) is 18.7 Å². The van der Waals surface area contributed by atoms with Gasteiger partial charge in [0.05, 0.1) is 0 Å². The van der Waals surface area contributed by atoms with Crippen LogP contribution in [0.4, 0.5) is 21.9 Å². The van der Waals surface area contributed by atoms with Gasteiger partial charge < -0.3 is 16.0 Å². The number of nitrogens with one attached hydrogen (secondary N) is 1. The molecule has 0 radical (unpaired) electrons. The van der Waals surface area contributed by atoms with E-state index in [1.807, 2.05) is 24.3 Å². The molecule has 0 atom stereocenters. The van der Waals surface area contributed by atoms with E-state index in [1.165, 1.54) is 11.3 Å². The summed E-state index contributed by atoms with van der Waals surface area (Å²) < 4.78 is 0. The molecule has 1 aliphatic rings. The van der Waals surface area contributed by atoms with Crippen LogP contribution in [-0.4, -0.2) is 12.6 Å². The fourth-order valence-electron chi connectivity index (χ4n) is 2.47. The Balaban J connectivity index is 1.86. The fraction of sp³-hybridized carbons (Fsp3) is 0.133. The molecule has 0 spiro atoms. The number of carbonyl (C=O) groups excluding carboxylic acids is 1. The number of hydrogen-bond acceptors (Lipinski definition) is 2. The second-order valence-corrected chi connectivity index (χ2v) is 4.57. The summed E-state index contributed by atoms with van der Waals surface area (Å²) in [5.41, 5.74) is 9.56. The average molecular weight is 253 g/mol. The van der Waals surface area contributed by atoms with E-state index in [4.69, 9.17) is 5.73 Å². The molecule has 2 aromatic carbocycles. The van der Waals surface area contributed by atoms with Crippen molar-refractivity contribution in [1.82, 2.24) is 0 Å². The first-order valence-corrected chi connectivity index (χ1v) is 6.26. The maximum Gasteiger partial charge on any atom is 0.316 e. The van der Waals surface area contributed by atoms with Crippen LogP contribution in [0.1, 0.15) is 5.56 Å². The van der Waals surface area contributed by atoms with Crippen molar-refractivity contribution >= 4 is 23.1 Å². The molecule has 0 aromatic heterocycles. The molecule has 2 aromatic rings. The normalized spacial score (nSPS) is 13.2. The molecule has 0 saturated carbocycles. The first kappa shape index (κ1) is 11.6. The summed E-state index contributed by atoms with van der Waals surface area (Å²) >= 11 is 0. The van der Waals surface area contributed by atoms with Gasteiger partial charge in [-0.05, 0) is 42.3 Å². The molecule has 0 fully saturated rings. The van der Waals surface area contributed by atoms with Gasteiger partial charge in [-0.25, -0.2) is 4.79 Å². The third kappa shape index (κ3) is 2.25. The Morgan fingerprint density at radius 1 is 1.11 bits per heavy atom. The maximum absolute atomic E-state index is 10.8. The Hall–Kier alpha value is -2.49. The molecule has 3 N–H and O–H groups in total. The van der Waals surface area contributed by atoms with Crippen LogP contribution in [0.3, 0.4) is 0 Å². The van der Waals surface area contributed by atoms with Gasteiger partial charge >= 0.3 is 6.03 Å². The van der Waals surface area contributed by atoms with Crippen LogP contribution in [0.2, 0.25) is 0 Å². The average Bonchev–Trinajstić information content (AvgIpc) is 2.83. The highest BCUT2D eigenvalue weighted by molar-refractivity contribution is 5.88. The fourth-order valence-corrected chi connectivity index (χ4v) is 2.47. The van der Waals surface area contributed by atoms with Crippen molar-refractivity contribution in [3.05, 3.63) is 54.1 Å². The lowest BCUT2D eigenvalue weighted by Crippen LogP contribution is -2.19. The summed E-state index contributed by atoms with van der Waals surface area (Å²) in [6.07, 6.45) is 1.07. The third-order valence-electron chi connectivity index (χ3n) is 3.33. The molecule has 0 unspecified atom stereocenters. The van der Waals surface area contributed by atoms with Crippen LogP contribution in [0, 0.1) is 0 Å². The number of carbonyl (C=O) groups is 1. The largest absolute Gasteiger partial charge is 0.351 e. The van der Waals surface area contributed by atoms with Gasteiger partial charge in [0.25, 0.3) is 0 Å². The minimum atomic E-state index is -0.542. The quantitative estimate of drug-likeness (QED) is 0.864. The number of fused-ring (bicyclic) bond motifs is 1. The molecule has 2 amide bonds. The molecule has 19 heavy (non-hydrogen) atoms. The lowest BCUT2D eigenvalue weighted by Gasteiger charge is -2.19. The molecule has 3 rings (SSSR count). The summed E-state index contributed by atoms with van der Waals surface area (Å²) in [4.78, 5) is 13.1. The van der Waals surface area contributed by atoms with Crippen molar-refractivity contribution < 1.29 is 4.79 Å². The number of urea groups is 1. The molecule has 0 aliphatic carbocycles. The highest BCUT2D eigenvalue weighted by Crippen LogP contribution is 2.34. The number of primary amides is 1. The predicted molar refractivity (Wildman–Crippen MR) is 76.8 cm³/mol. The number of para-hydroxylation sites is 1. The van der Waals surface area contributed by atoms with Gasteiger partial charge in [-0.2, -0.15) is 0 Å². The molecule has 96 valence electrons. The Labute approximate surface area is 111 Å². The van der Waals surface area contributed by atoms with Crippen LogP contribution in [-0.2, 0) is 6.42 Å². The standard InChI is InChI=1S/C15H15N3O/c16-15(19)17-12-5-7-13(8-6-12)18-10-9-11-3-1-2-4-14(11)18/h1-8H,9-10H2,(H3,16,17,19). The minimum Gasteiger partial charge on any atom is -0.351 e. The molecular formula is C15H15N3O. The highest BCUT2D eigenvalue weighted by atomic mass is 16.2. The lowest BCUT2D eigenvalue weighted by molar-refractivity contribution is 0.259. The second kappa shape index (κ2) is 4.65. The van der Waals surface area contributed by atoms with Gasteiger partial charge in [-0.3, -0.25) is 0 Å². The second-order valence-electron chi connectivity index (χ2n) is 4.57. The van der Waals surface area contributed by atoms with E-state index in [9.17, 15) is 4.79 Å². The highest BCUT2D eigenvalue weighted by Gasteiger charge is 2.19. The van der Waals surface area contributed by atoms with E-state index in [0.29, 0.717) is 5.69 Å². The molecule has 4 heteroatoms. The molecule has 0 saturated heterocycles. The van der Waals surface area contributed by atoms with Crippen molar-refractivity contribution in [2.24, 2.45) is 5.73 Å². The van der Waals surface area contributed by atoms with Crippen LogP contribution in [0.5, 0.6) is 0 Å². The number of nitrogens with zero attached hydrogens (tertiary/aromatic N) is 1. The maximum atomic E-state index is 10.8. The zero-order chi connectivity index (χ0) is 13.2. The zero-order valence-corrected chi connectivity index (χ0v) is 10.5. The zero-order valence-electron chi connectivity index (χ0n) is 10.5. The molecule has 1 heterocycles. The van der Waals surface area contributed by atoms with E-state index in [1.54, 1.807) is 0 Å². The van der Waals surface area contributed by atoms with Crippen molar-refractivity contribution in [3.63, 3.8) is 0 Å². The Morgan fingerprint density at radius 2 is 1.84 bits per heavy atom. The van der Waals surface area contributed by atoms with E-state index < -0.39 is 6.03 Å². The van der Waals surface area contributed by atoms with Gasteiger partial charge in [0.15, 0.2) is 0 Å². The summed E-state index contributed by atoms with van der Waals surface area (Å²) in [6, 6.07) is 15.6. The van der Waals surface area contributed by atoms with Crippen LogP contribution >= 0.6 is 0 Å². The number of anilines is 3. The van der Waals surface area contributed by atoms with Gasteiger partial charge in [0.1, 0.15) is 0 Å². The molecule has 1 aliphatic heterocycles. The van der Waals surface area contributed by atoms with Gasteiger partial charge in [-0.15, -0.1) is 0 Å². The summed E-state index contributed by atoms with van der Waals surface area (Å²) in [6.45, 7) is 0.988. The van der Waals surface area contributed by atoms with Crippen molar-refractivity contribution in [2.75, 3.05) is 16.8 Å². The molecular weight excluding hydrogens is 238 g/mol. The summed E-state index contributed by atoms with van der Waals surface area (Å²) in [5.74, 6) is 0. The predicted octanol–water partition coefficient (Wildman–Crippen LogP) is 2.87. The van der Waals surface area contributed by atoms with Crippen molar-refractivity contribution in [1.29, 1.82) is 0 Å².